The van der Waals surface area contributed by atoms with Crippen LogP contribution in [0.4, 0.5) is 0 Å². The fourth-order valence-corrected chi connectivity index (χ4v) is 1.89. The largest absolute Gasteiger partial charge is 0.466 e. The summed E-state index contributed by atoms with van der Waals surface area (Å²) in [6.07, 6.45) is 6.11. The van der Waals surface area contributed by atoms with Crippen LogP contribution in [0, 0.1) is 0 Å². The maximum absolute atomic E-state index is 11.8. The Morgan fingerprint density at radius 1 is 1.60 bits per heavy atom. The molecule has 6 heteroatoms. The molecule has 0 saturated heterocycles. The van der Waals surface area contributed by atoms with Gasteiger partial charge in [-0.05, 0) is 31.0 Å². The van der Waals surface area contributed by atoms with E-state index in [1.165, 1.54) is 6.26 Å². The second-order valence-electron chi connectivity index (χ2n) is 5.05. The van der Waals surface area contributed by atoms with Crippen molar-refractivity contribution in [3.05, 3.63) is 42.1 Å². The van der Waals surface area contributed by atoms with Gasteiger partial charge in [0.2, 0.25) is 5.91 Å². The molecule has 0 spiro atoms. The summed E-state index contributed by atoms with van der Waals surface area (Å²) in [6, 6.07) is 3.38. The molecule has 20 heavy (non-hydrogen) atoms. The number of nitrogens with one attached hydrogen (secondary N) is 1. The number of aliphatic hydroxyl groups is 1. The summed E-state index contributed by atoms with van der Waals surface area (Å²) in [7, 11) is 1.84. The highest BCUT2D eigenvalue weighted by atomic mass is 16.4. The molecule has 6 nitrogen and oxygen atoms in total. The zero-order chi connectivity index (χ0) is 14.6. The third kappa shape index (κ3) is 3.71. The minimum Gasteiger partial charge on any atom is -0.466 e. The Bertz CT molecular complexity index is 558. The van der Waals surface area contributed by atoms with Crippen molar-refractivity contribution in [1.82, 2.24) is 15.1 Å². The molecule has 0 aliphatic heterocycles. The topological polar surface area (TPSA) is 80.3 Å². The maximum atomic E-state index is 11.8. The van der Waals surface area contributed by atoms with Crippen LogP contribution >= 0.6 is 0 Å². The van der Waals surface area contributed by atoms with Crippen LogP contribution in [-0.2, 0) is 23.9 Å². The molecule has 0 aliphatic rings. The molecule has 0 radical (unpaired) electrons. The smallest absolute Gasteiger partial charge is 0.220 e. The van der Waals surface area contributed by atoms with Gasteiger partial charge in [-0.15, -0.1) is 0 Å². The van der Waals surface area contributed by atoms with E-state index in [0.717, 1.165) is 5.56 Å². The molecule has 0 fully saturated rings. The van der Waals surface area contributed by atoms with Crippen molar-refractivity contribution in [2.24, 2.45) is 7.05 Å². The van der Waals surface area contributed by atoms with E-state index >= 15 is 0 Å². The third-order valence-electron chi connectivity index (χ3n) is 3.08. The van der Waals surface area contributed by atoms with Crippen LogP contribution in [0.1, 0.15) is 24.7 Å². The molecule has 1 amide bonds. The van der Waals surface area contributed by atoms with E-state index in [1.54, 1.807) is 29.9 Å². The molecule has 2 aromatic heterocycles. The van der Waals surface area contributed by atoms with Crippen LogP contribution in [-0.4, -0.2) is 27.3 Å². The van der Waals surface area contributed by atoms with Crippen molar-refractivity contribution in [3.63, 3.8) is 0 Å². The van der Waals surface area contributed by atoms with Crippen LogP contribution in [0.3, 0.4) is 0 Å². The van der Waals surface area contributed by atoms with Crippen molar-refractivity contribution in [1.29, 1.82) is 0 Å². The first-order chi connectivity index (χ1) is 9.47. The molecular formula is C14H19N3O3. The SMILES string of the molecule is Cn1cc(CCC(=O)NCC(C)(O)c2ccco2)cn1. The molecular weight excluding hydrogens is 258 g/mol. The number of hydrogen-bond acceptors (Lipinski definition) is 4. The van der Waals surface area contributed by atoms with E-state index in [2.05, 4.69) is 10.4 Å². The molecule has 0 aliphatic carbocycles. The Kier molecular flexibility index (Phi) is 4.24. The van der Waals surface area contributed by atoms with E-state index in [-0.39, 0.29) is 12.5 Å². The zero-order valence-electron chi connectivity index (χ0n) is 11.7. The number of aryl methyl sites for hydroxylation is 2. The molecule has 0 bridgehead atoms. The summed E-state index contributed by atoms with van der Waals surface area (Å²) in [5.74, 6) is 0.325. The van der Waals surface area contributed by atoms with Crippen LogP contribution in [0.5, 0.6) is 0 Å². The summed E-state index contributed by atoms with van der Waals surface area (Å²) in [5, 5.41) is 16.9. The van der Waals surface area contributed by atoms with E-state index in [9.17, 15) is 9.90 Å². The van der Waals surface area contributed by atoms with Crippen molar-refractivity contribution < 1.29 is 14.3 Å². The Morgan fingerprint density at radius 3 is 3.00 bits per heavy atom. The van der Waals surface area contributed by atoms with Gasteiger partial charge in [0.05, 0.1) is 19.0 Å². The molecule has 0 aromatic carbocycles. The van der Waals surface area contributed by atoms with Gasteiger partial charge in [0.25, 0.3) is 0 Å². The fraction of sp³-hybridized carbons (Fsp3) is 0.429. The predicted octanol–water partition coefficient (Wildman–Crippen LogP) is 0.970. The molecule has 108 valence electrons. The summed E-state index contributed by atoms with van der Waals surface area (Å²) in [4.78, 5) is 11.8. The van der Waals surface area contributed by atoms with Gasteiger partial charge in [-0.3, -0.25) is 9.48 Å². The molecule has 2 aromatic rings. The molecule has 1 atom stereocenters. The normalized spacial score (nSPS) is 13.9. The number of aromatic nitrogens is 2. The average molecular weight is 277 g/mol. The van der Waals surface area contributed by atoms with Gasteiger partial charge in [-0.25, -0.2) is 0 Å². The molecule has 2 N–H and O–H groups in total. The highest BCUT2D eigenvalue weighted by Crippen LogP contribution is 2.19. The summed E-state index contributed by atoms with van der Waals surface area (Å²) >= 11 is 0. The predicted molar refractivity (Wildman–Crippen MR) is 72.8 cm³/mol. The lowest BCUT2D eigenvalue weighted by atomic mass is 10.0. The van der Waals surface area contributed by atoms with Crippen molar-refractivity contribution in [3.8, 4) is 0 Å². The molecule has 2 heterocycles. The summed E-state index contributed by atoms with van der Waals surface area (Å²) in [5.41, 5.74) is -0.187. The van der Waals surface area contributed by atoms with Gasteiger partial charge in [0.15, 0.2) is 0 Å². The van der Waals surface area contributed by atoms with E-state index < -0.39 is 5.60 Å². The highest BCUT2D eigenvalue weighted by molar-refractivity contribution is 5.76. The van der Waals surface area contributed by atoms with Crippen molar-refractivity contribution in [2.45, 2.75) is 25.4 Å². The van der Waals surface area contributed by atoms with Crippen LogP contribution in [0.2, 0.25) is 0 Å². The molecule has 0 saturated carbocycles. The second-order valence-corrected chi connectivity index (χ2v) is 5.05. The van der Waals surface area contributed by atoms with Gasteiger partial charge in [-0.2, -0.15) is 5.10 Å². The third-order valence-corrected chi connectivity index (χ3v) is 3.08. The number of amides is 1. The number of furan rings is 1. The van der Waals surface area contributed by atoms with Crippen LogP contribution in [0.25, 0.3) is 0 Å². The van der Waals surface area contributed by atoms with Crippen molar-refractivity contribution in [2.75, 3.05) is 6.54 Å². The van der Waals surface area contributed by atoms with Crippen molar-refractivity contribution >= 4 is 5.91 Å². The lowest BCUT2D eigenvalue weighted by Gasteiger charge is -2.21. The number of rotatable bonds is 6. The second kappa shape index (κ2) is 5.92. The number of carbonyl (C=O) groups is 1. The minimum atomic E-state index is -1.20. The van der Waals surface area contributed by atoms with Crippen LogP contribution < -0.4 is 5.32 Å². The Balaban J connectivity index is 1.77. The van der Waals surface area contributed by atoms with Gasteiger partial charge in [0.1, 0.15) is 11.4 Å². The Hall–Kier alpha value is -2.08. The number of nitrogens with zero attached hydrogens (tertiary/aromatic N) is 2. The Morgan fingerprint density at radius 2 is 2.40 bits per heavy atom. The Labute approximate surface area is 117 Å². The lowest BCUT2D eigenvalue weighted by Crippen LogP contribution is -2.38. The summed E-state index contributed by atoms with van der Waals surface area (Å²) in [6.45, 7) is 1.72. The first-order valence-electron chi connectivity index (χ1n) is 6.48. The standard InChI is InChI=1S/C14H19N3O3/c1-14(19,12-4-3-7-20-12)10-15-13(18)6-5-11-8-16-17(2)9-11/h3-4,7-9,19H,5-6,10H2,1-2H3,(H,15,18). The monoisotopic (exact) mass is 277 g/mol. The van der Waals surface area contributed by atoms with E-state index in [0.29, 0.717) is 18.6 Å². The van der Waals surface area contributed by atoms with Gasteiger partial charge in [0, 0.05) is 19.7 Å². The first kappa shape index (κ1) is 14.3. The lowest BCUT2D eigenvalue weighted by molar-refractivity contribution is -0.122. The van der Waals surface area contributed by atoms with Gasteiger partial charge in [-0.1, -0.05) is 0 Å². The highest BCUT2D eigenvalue weighted by Gasteiger charge is 2.26. The molecule has 2 rings (SSSR count). The van der Waals surface area contributed by atoms with E-state index in [4.69, 9.17) is 4.42 Å². The van der Waals surface area contributed by atoms with E-state index in [1.807, 2.05) is 13.2 Å². The quantitative estimate of drug-likeness (QED) is 0.824. The number of carbonyl (C=O) groups excluding carboxylic acids is 1. The minimum absolute atomic E-state index is 0.110. The fourth-order valence-electron chi connectivity index (χ4n) is 1.89. The first-order valence-corrected chi connectivity index (χ1v) is 6.48. The number of hydrogen-bond donors (Lipinski definition) is 2. The molecule has 1 unspecified atom stereocenters. The zero-order valence-corrected chi connectivity index (χ0v) is 11.7. The van der Waals surface area contributed by atoms with Gasteiger partial charge >= 0.3 is 0 Å². The van der Waals surface area contributed by atoms with Crippen LogP contribution in [0.15, 0.2) is 35.2 Å². The average Bonchev–Trinajstić information content (AvgIpc) is 3.05. The maximum Gasteiger partial charge on any atom is 0.220 e. The summed E-state index contributed by atoms with van der Waals surface area (Å²) < 4.78 is 6.85. The van der Waals surface area contributed by atoms with Gasteiger partial charge < -0.3 is 14.8 Å².